The third kappa shape index (κ3) is 2.45. The second kappa shape index (κ2) is 5.32. The van der Waals surface area contributed by atoms with E-state index in [9.17, 15) is 8.78 Å². The van der Waals surface area contributed by atoms with Crippen LogP contribution >= 0.6 is 0 Å². The van der Waals surface area contributed by atoms with Gasteiger partial charge in [-0.15, -0.1) is 0 Å². The maximum atomic E-state index is 13.8. The zero-order chi connectivity index (χ0) is 14.1. The van der Waals surface area contributed by atoms with Gasteiger partial charge in [-0.1, -0.05) is 5.16 Å². The summed E-state index contributed by atoms with van der Waals surface area (Å²) in [6.07, 6.45) is 4.04. The molecule has 1 aliphatic rings. The molecule has 0 spiro atoms. The number of rotatable bonds is 3. The van der Waals surface area contributed by atoms with Gasteiger partial charge in [0.05, 0.1) is 5.69 Å². The van der Waals surface area contributed by atoms with Crippen molar-refractivity contribution in [3.05, 3.63) is 52.4 Å². The quantitative estimate of drug-likeness (QED) is 0.934. The molecule has 1 heterocycles. The van der Waals surface area contributed by atoms with Crippen molar-refractivity contribution in [2.45, 2.75) is 38.8 Å². The van der Waals surface area contributed by atoms with E-state index in [4.69, 9.17) is 4.52 Å². The summed E-state index contributed by atoms with van der Waals surface area (Å²) < 4.78 is 32.1. The number of nitrogens with one attached hydrogen (secondary N) is 1. The number of fused-ring (bicyclic) bond motifs is 1. The van der Waals surface area contributed by atoms with Crippen molar-refractivity contribution < 1.29 is 13.3 Å². The summed E-state index contributed by atoms with van der Waals surface area (Å²) >= 11 is 0. The molecule has 0 bridgehead atoms. The molecule has 0 amide bonds. The van der Waals surface area contributed by atoms with Crippen LogP contribution in [0, 0.1) is 18.6 Å². The lowest BCUT2D eigenvalue weighted by molar-refractivity contribution is 0.412. The van der Waals surface area contributed by atoms with E-state index in [-0.39, 0.29) is 6.04 Å². The van der Waals surface area contributed by atoms with Crippen molar-refractivity contribution in [1.82, 2.24) is 10.5 Å². The Bertz CT molecular complexity index is 624. The summed E-state index contributed by atoms with van der Waals surface area (Å²) in [4.78, 5) is 0. The van der Waals surface area contributed by atoms with Gasteiger partial charge in [0, 0.05) is 24.2 Å². The number of aryl methyl sites for hydroxylation is 1. The van der Waals surface area contributed by atoms with Gasteiger partial charge in [0.15, 0.2) is 0 Å². The Hall–Kier alpha value is -1.75. The zero-order valence-corrected chi connectivity index (χ0v) is 11.2. The zero-order valence-electron chi connectivity index (χ0n) is 11.2. The first-order valence-electron chi connectivity index (χ1n) is 6.76. The van der Waals surface area contributed by atoms with E-state index < -0.39 is 11.6 Å². The molecule has 3 nitrogen and oxygen atoms in total. The molecular formula is C15H16F2N2O. The van der Waals surface area contributed by atoms with Gasteiger partial charge in [0.25, 0.3) is 0 Å². The summed E-state index contributed by atoms with van der Waals surface area (Å²) in [5, 5.41) is 7.16. The van der Waals surface area contributed by atoms with Crippen LogP contribution in [0.2, 0.25) is 0 Å². The third-order valence-electron chi connectivity index (χ3n) is 3.88. The summed E-state index contributed by atoms with van der Waals surface area (Å²) in [5.74, 6) is -0.955. The van der Waals surface area contributed by atoms with Crippen molar-refractivity contribution in [2.75, 3.05) is 0 Å². The van der Waals surface area contributed by atoms with Gasteiger partial charge >= 0.3 is 0 Å². The van der Waals surface area contributed by atoms with Crippen LogP contribution in [-0.2, 0) is 13.0 Å². The van der Waals surface area contributed by atoms with Gasteiger partial charge in [0.2, 0.25) is 0 Å². The lowest BCUT2D eigenvalue weighted by Gasteiger charge is -2.26. The Labute approximate surface area is 116 Å². The van der Waals surface area contributed by atoms with Crippen LogP contribution in [0.25, 0.3) is 0 Å². The van der Waals surface area contributed by atoms with Crippen molar-refractivity contribution in [3.8, 4) is 0 Å². The fourth-order valence-corrected chi connectivity index (χ4v) is 2.76. The van der Waals surface area contributed by atoms with Crippen LogP contribution in [0.5, 0.6) is 0 Å². The van der Waals surface area contributed by atoms with Crippen molar-refractivity contribution in [2.24, 2.45) is 0 Å². The highest BCUT2D eigenvalue weighted by Crippen LogP contribution is 2.32. The van der Waals surface area contributed by atoms with E-state index in [1.807, 2.05) is 6.92 Å². The van der Waals surface area contributed by atoms with Crippen molar-refractivity contribution in [1.29, 1.82) is 0 Å². The van der Waals surface area contributed by atoms with Gasteiger partial charge < -0.3 is 9.84 Å². The van der Waals surface area contributed by atoms with E-state index >= 15 is 0 Å². The van der Waals surface area contributed by atoms with Crippen LogP contribution in [-0.4, -0.2) is 5.16 Å². The second-order valence-corrected chi connectivity index (χ2v) is 5.21. The Morgan fingerprint density at radius 3 is 3.00 bits per heavy atom. The smallest absolute Gasteiger partial charge is 0.129 e. The highest BCUT2D eigenvalue weighted by molar-refractivity contribution is 5.34. The number of hydrogen-bond acceptors (Lipinski definition) is 3. The summed E-state index contributed by atoms with van der Waals surface area (Å²) in [5.41, 5.74) is 3.17. The van der Waals surface area contributed by atoms with Crippen LogP contribution in [0.1, 0.15) is 41.3 Å². The van der Waals surface area contributed by atoms with Crippen molar-refractivity contribution >= 4 is 0 Å². The largest absolute Gasteiger partial charge is 0.364 e. The van der Waals surface area contributed by atoms with Crippen LogP contribution in [0.15, 0.2) is 22.9 Å². The van der Waals surface area contributed by atoms with Gasteiger partial charge in [-0.2, -0.15) is 0 Å². The van der Waals surface area contributed by atoms with Gasteiger partial charge in [-0.05, 0) is 43.4 Å². The average molecular weight is 278 g/mol. The van der Waals surface area contributed by atoms with Crippen LogP contribution in [0.3, 0.4) is 0 Å². The molecule has 1 aromatic heterocycles. The predicted molar refractivity (Wildman–Crippen MR) is 70.1 cm³/mol. The molecule has 1 N–H and O–H groups in total. The molecule has 0 radical (unpaired) electrons. The van der Waals surface area contributed by atoms with E-state index in [1.54, 1.807) is 6.26 Å². The second-order valence-electron chi connectivity index (χ2n) is 5.21. The molecule has 2 aromatic rings. The molecule has 3 rings (SSSR count). The molecule has 0 aliphatic heterocycles. The summed E-state index contributed by atoms with van der Waals surface area (Å²) in [6, 6.07) is 2.37. The number of benzene rings is 1. The first kappa shape index (κ1) is 13.2. The number of aromatic nitrogens is 1. The van der Waals surface area contributed by atoms with Gasteiger partial charge in [-0.3, -0.25) is 0 Å². The van der Waals surface area contributed by atoms with Gasteiger partial charge in [-0.25, -0.2) is 8.78 Å². The molecular weight excluding hydrogens is 262 g/mol. The summed E-state index contributed by atoms with van der Waals surface area (Å²) in [6.45, 7) is 2.45. The van der Waals surface area contributed by atoms with Crippen molar-refractivity contribution in [3.63, 3.8) is 0 Å². The topological polar surface area (TPSA) is 38.1 Å². The molecule has 0 saturated carbocycles. The highest BCUT2D eigenvalue weighted by Gasteiger charge is 2.23. The first-order valence-corrected chi connectivity index (χ1v) is 6.76. The molecule has 0 saturated heterocycles. The Morgan fingerprint density at radius 2 is 2.25 bits per heavy atom. The maximum absolute atomic E-state index is 13.8. The van der Waals surface area contributed by atoms with Crippen LogP contribution in [0.4, 0.5) is 8.78 Å². The molecule has 106 valence electrons. The lowest BCUT2D eigenvalue weighted by Crippen LogP contribution is -2.25. The monoisotopic (exact) mass is 278 g/mol. The average Bonchev–Trinajstić information content (AvgIpc) is 2.82. The van der Waals surface area contributed by atoms with E-state index in [0.29, 0.717) is 18.5 Å². The fraction of sp³-hybridized carbons (Fsp3) is 0.400. The maximum Gasteiger partial charge on any atom is 0.129 e. The Morgan fingerprint density at radius 1 is 1.40 bits per heavy atom. The van der Waals surface area contributed by atoms with E-state index in [0.717, 1.165) is 35.7 Å². The molecule has 5 heteroatoms. The number of halogens is 2. The van der Waals surface area contributed by atoms with Gasteiger partial charge in [0.1, 0.15) is 17.9 Å². The normalized spacial score (nSPS) is 18.1. The van der Waals surface area contributed by atoms with E-state index in [2.05, 4.69) is 10.5 Å². The van der Waals surface area contributed by atoms with E-state index in [1.165, 1.54) is 6.07 Å². The predicted octanol–water partition coefficient (Wildman–Crippen LogP) is 3.43. The number of hydrogen-bond donors (Lipinski definition) is 1. The lowest BCUT2D eigenvalue weighted by atomic mass is 9.87. The Kier molecular flexibility index (Phi) is 3.53. The molecule has 0 fully saturated rings. The minimum absolute atomic E-state index is 0.0294. The minimum atomic E-state index is -0.517. The Balaban J connectivity index is 1.81. The molecule has 20 heavy (non-hydrogen) atoms. The highest BCUT2D eigenvalue weighted by atomic mass is 19.1. The standard InChI is InChI=1S/C15H16F2N2O/c1-9-10(8-20-19-9)7-18-15-4-2-3-12-13(15)5-11(16)6-14(12)17/h5-6,8,15,18H,2-4,7H2,1H3/t15-/m0/s1. The number of nitrogens with zero attached hydrogens (tertiary/aromatic N) is 1. The summed E-state index contributed by atoms with van der Waals surface area (Å²) in [7, 11) is 0. The third-order valence-corrected chi connectivity index (χ3v) is 3.88. The molecule has 1 aliphatic carbocycles. The SMILES string of the molecule is Cc1nocc1CN[C@H]1CCCc2c(F)cc(F)cc21. The molecule has 0 unspecified atom stereocenters. The first-order chi connectivity index (χ1) is 9.65. The van der Waals surface area contributed by atoms with Crippen LogP contribution < -0.4 is 5.32 Å². The molecule has 1 atom stereocenters. The fourth-order valence-electron chi connectivity index (χ4n) is 2.76. The molecule has 1 aromatic carbocycles. The minimum Gasteiger partial charge on any atom is -0.364 e.